The first-order valence-corrected chi connectivity index (χ1v) is 13.3. The molecule has 3 aliphatic carbocycles. The van der Waals surface area contributed by atoms with Crippen molar-refractivity contribution in [2.75, 3.05) is 0 Å². The largest absolute Gasteiger partial charge is 0.237 e. The molecule has 3 aliphatic rings. The summed E-state index contributed by atoms with van der Waals surface area (Å²) in [4.78, 5) is 0. The van der Waals surface area contributed by atoms with Gasteiger partial charge in [0.25, 0.3) is 0 Å². The molecule has 0 radical (unpaired) electrons. The number of hydrogen-bond donors (Lipinski definition) is 0. The lowest BCUT2D eigenvalue weighted by atomic mass is 9.79. The molecule has 0 amide bonds. The van der Waals surface area contributed by atoms with Gasteiger partial charge in [-0.1, -0.05) is 63.8 Å². The van der Waals surface area contributed by atoms with E-state index in [0.717, 1.165) is 58.8 Å². The second-order valence-electron chi connectivity index (χ2n) is 11.6. The van der Waals surface area contributed by atoms with Crippen LogP contribution in [-0.2, 0) is 12.8 Å². The topological polar surface area (TPSA) is 0 Å². The third-order valence-corrected chi connectivity index (χ3v) is 9.34. The van der Waals surface area contributed by atoms with Crippen LogP contribution >= 0.6 is 0 Å². The van der Waals surface area contributed by atoms with Crippen molar-refractivity contribution in [2.45, 2.75) is 98.1 Å². The Balaban J connectivity index is 1.39. The molecule has 2 saturated carbocycles. The zero-order valence-electron chi connectivity index (χ0n) is 20.6. The first kappa shape index (κ1) is 22.2. The number of rotatable bonds is 4. The van der Waals surface area contributed by atoms with Crippen LogP contribution in [0.2, 0.25) is 0 Å². The van der Waals surface area contributed by atoms with Gasteiger partial charge < -0.3 is 0 Å². The van der Waals surface area contributed by atoms with Gasteiger partial charge in [-0.15, -0.1) is 0 Å². The molecular formula is C31H41F. The summed E-state index contributed by atoms with van der Waals surface area (Å²) < 4.78 is 16.1. The lowest BCUT2D eigenvalue weighted by Crippen LogP contribution is -2.15. The highest BCUT2D eigenvalue weighted by Gasteiger charge is 2.34. The molecule has 0 N–H and O–H groups in total. The molecule has 0 bridgehead atoms. The number of fused-ring (bicyclic) bond motifs is 3. The summed E-state index contributed by atoms with van der Waals surface area (Å²) >= 11 is 0. The molecule has 0 aliphatic heterocycles. The normalized spacial score (nSPS) is 29.6. The molecular weight excluding hydrogens is 391 g/mol. The van der Waals surface area contributed by atoms with Crippen molar-refractivity contribution in [3.63, 3.8) is 0 Å². The van der Waals surface area contributed by atoms with Gasteiger partial charge in [0.2, 0.25) is 0 Å². The molecule has 1 heteroatoms. The molecule has 172 valence electrons. The summed E-state index contributed by atoms with van der Waals surface area (Å²) in [5.74, 6) is 3.31. The molecule has 0 saturated heterocycles. The fourth-order valence-electron chi connectivity index (χ4n) is 6.95. The van der Waals surface area contributed by atoms with Crippen molar-refractivity contribution in [2.24, 2.45) is 23.7 Å². The number of hydrogen-bond acceptors (Lipinski definition) is 0. The molecule has 0 atom stereocenters. The van der Waals surface area contributed by atoms with Crippen molar-refractivity contribution in [3.8, 4) is 11.1 Å². The number of alkyl halides is 1. The SMILES string of the molecule is Cc1c(CC2CCC(C)CC2)ccc2c1C(F)c1c-2ccc(CC2CCC(C)CC2)c1C. The molecule has 0 heterocycles. The van der Waals surface area contributed by atoms with Gasteiger partial charge in [-0.2, -0.15) is 0 Å². The van der Waals surface area contributed by atoms with Gasteiger partial charge in [0.15, 0.2) is 6.17 Å². The van der Waals surface area contributed by atoms with Crippen LogP contribution < -0.4 is 0 Å². The fourth-order valence-corrected chi connectivity index (χ4v) is 6.95. The van der Waals surface area contributed by atoms with Gasteiger partial charge in [0.05, 0.1) is 0 Å². The highest BCUT2D eigenvalue weighted by Crippen LogP contribution is 2.50. The average molecular weight is 433 g/mol. The maximum Gasteiger partial charge on any atom is 0.152 e. The summed E-state index contributed by atoms with van der Waals surface area (Å²) in [6.45, 7) is 9.12. The number of halogens is 1. The Morgan fingerprint density at radius 2 is 1.00 bits per heavy atom. The second kappa shape index (κ2) is 8.96. The van der Waals surface area contributed by atoms with Gasteiger partial charge in [-0.25, -0.2) is 4.39 Å². The predicted molar refractivity (Wildman–Crippen MR) is 134 cm³/mol. The van der Waals surface area contributed by atoms with Crippen LogP contribution in [0, 0.1) is 37.5 Å². The van der Waals surface area contributed by atoms with Crippen LogP contribution in [-0.4, -0.2) is 0 Å². The summed E-state index contributed by atoms with van der Waals surface area (Å²) in [7, 11) is 0. The molecule has 32 heavy (non-hydrogen) atoms. The first-order chi connectivity index (χ1) is 15.4. The maximum atomic E-state index is 16.1. The molecule has 0 spiro atoms. The van der Waals surface area contributed by atoms with Gasteiger partial charge in [0.1, 0.15) is 0 Å². The summed E-state index contributed by atoms with van der Waals surface area (Å²) in [6.07, 6.45) is 12.0. The van der Waals surface area contributed by atoms with Gasteiger partial charge >= 0.3 is 0 Å². The van der Waals surface area contributed by atoms with Crippen LogP contribution in [0.25, 0.3) is 11.1 Å². The average Bonchev–Trinajstić information content (AvgIpc) is 3.08. The Bertz CT molecular complexity index is 891. The zero-order valence-corrected chi connectivity index (χ0v) is 20.6. The Labute approximate surface area is 195 Å². The van der Waals surface area contributed by atoms with Crippen molar-refractivity contribution in [3.05, 3.63) is 57.6 Å². The molecule has 0 unspecified atom stereocenters. The lowest BCUT2D eigenvalue weighted by molar-refractivity contribution is 0.288. The van der Waals surface area contributed by atoms with Crippen molar-refractivity contribution < 1.29 is 4.39 Å². The Kier molecular flexibility index (Phi) is 6.21. The van der Waals surface area contributed by atoms with Crippen molar-refractivity contribution >= 4 is 0 Å². The van der Waals surface area contributed by atoms with Crippen LogP contribution in [0.5, 0.6) is 0 Å². The highest BCUT2D eigenvalue weighted by atomic mass is 19.1. The molecule has 2 aromatic carbocycles. The molecule has 2 fully saturated rings. The van der Waals surface area contributed by atoms with E-state index in [2.05, 4.69) is 52.0 Å². The Morgan fingerprint density at radius 1 is 0.625 bits per heavy atom. The minimum atomic E-state index is -0.961. The van der Waals surface area contributed by atoms with Crippen LogP contribution in [0.15, 0.2) is 24.3 Å². The van der Waals surface area contributed by atoms with E-state index in [0.29, 0.717) is 0 Å². The molecule has 0 nitrogen and oxygen atoms in total. The van der Waals surface area contributed by atoms with Crippen LogP contribution in [0.3, 0.4) is 0 Å². The van der Waals surface area contributed by atoms with Crippen LogP contribution in [0.1, 0.15) is 105 Å². The lowest BCUT2D eigenvalue weighted by Gasteiger charge is -2.27. The third-order valence-electron chi connectivity index (χ3n) is 9.34. The second-order valence-corrected chi connectivity index (χ2v) is 11.6. The zero-order chi connectivity index (χ0) is 22.4. The van der Waals surface area contributed by atoms with Gasteiger partial charge in [-0.3, -0.25) is 0 Å². The molecule has 0 aromatic heterocycles. The third kappa shape index (κ3) is 4.06. The minimum absolute atomic E-state index is 0.774. The maximum absolute atomic E-state index is 16.1. The molecule has 5 rings (SSSR count). The summed E-state index contributed by atoms with van der Waals surface area (Å²) in [5, 5.41) is 0. The predicted octanol–water partition coefficient (Wildman–Crippen LogP) is 9.08. The van der Waals surface area contributed by atoms with Gasteiger partial charge in [-0.05, 0) is 109 Å². The van der Waals surface area contributed by atoms with E-state index in [1.54, 1.807) is 0 Å². The van der Waals surface area contributed by atoms with E-state index in [1.807, 2.05) is 0 Å². The smallest absolute Gasteiger partial charge is 0.152 e. The van der Waals surface area contributed by atoms with E-state index in [9.17, 15) is 0 Å². The van der Waals surface area contributed by atoms with E-state index in [1.165, 1.54) is 73.6 Å². The summed E-state index contributed by atoms with van der Waals surface area (Å²) in [6, 6.07) is 9.06. The fraction of sp³-hybridized carbons (Fsp3) is 0.613. The summed E-state index contributed by atoms with van der Waals surface area (Å²) in [5.41, 5.74) is 9.42. The molecule has 2 aromatic rings. The number of benzene rings is 2. The van der Waals surface area contributed by atoms with Crippen molar-refractivity contribution in [1.82, 2.24) is 0 Å². The quantitative estimate of drug-likeness (QED) is 0.452. The van der Waals surface area contributed by atoms with E-state index in [-0.39, 0.29) is 0 Å². The van der Waals surface area contributed by atoms with E-state index < -0.39 is 6.17 Å². The van der Waals surface area contributed by atoms with Gasteiger partial charge in [0, 0.05) is 11.1 Å². The van der Waals surface area contributed by atoms with Crippen molar-refractivity contribution in [1.29, 1.82) is 0 Å². The highest BCUT2D eigenvalue weighted by molar-refractivity contribution is 5.81. The standard InChI is InChI=1S/C31H41F/c1-19-5-9-23(10-6-19)17-25-13-15-27-28-16-14-26(18-24-11-7-20(2)8-12-24)22(4)30(28)31(32)29(27)21(25)3/h13-16,19-20,23-24,31H,5-12,17-18H2,1-4H3. The first-order valence-electron chi connectivity index (χ1n) is 13.3. The van der Waals surface area contributed by atoms with E-state index in [4.69, 9.17) is 0 Å². The van der Waals surface area contributed by atoms with E-state index >= 15 is 4.39 Å². The van der Waals surface area contributed by atoms with Crippen LogP contribution in [0.4, 0.5) is 4.39 Å². The Morgan fingerprint density at radius 3 is 1.38 bits per heavy atom. The monoisotopic (exact) mass is 432 g/mol. The minimum Gasteiger partial charge on any atom is -0.237 e. The Hall–Kier alpha value is -1.63.